The molecule has 0 aromatic carbocycles. The van der Waals surface area contributed by atoms with Gasteiger partial charge in [-0.1, -0.05) is 6.92 Å². The van der Waals surface area contributed by atoms with Gasteiger partial charge in [-0.2, -0.15) is 16.9 Å². The van der Waals surface area contributed by atoms with Gasteiger partial charge in [0.2, 0.25) is 0 Å². The van der Waals surface area contributed by atoms with Crippen molar-refractivity contribution in [2.45, 2.75) is 26.3 Å². The van der Waals surface area contributed by atoms with Crippen LogP contribution in [0.15, 0.2) is 0 Å². The van der Waals surface area contributed by atoms with E-state index in [4.69, 9.17) is 5.73 Å². The predicted molar refractivity (Wildman–Crippen MR) is 68.4 cm³/mol. The van der Waals surface area contributed by atoms with E-state index < -0.39 is 0 Å². The standard InChI is InChI=1S/C10H20N4S/c1-5-8(6-15-4)12-10-9(11)7(2)13-14(10)3/h8,12H,5-6,11H2,1-4H3. The zero-order valence-electron chi connectivity index (χ0n) is 9.87. The largest absolute Gasteiger partial charge is 0.394 e. The van der Waals surface area contributed by atoms with Crippen molar-refractivity contribution in [3.05, 3.63) is 5.69 Å². The number of nitrogens with two attached hydrogens (primary N) is 1. The Hall–Kier alpha value is -0.840. The number of nitrogens with zero attached hydrogens (tertiary/aromatic N) is 2. The smallest absolute Gasteiger partial charge is 0.148 e. The van der Waals surface area contributed by atoms with Crippen molar-refractivity contribution in [2.24, 2.45) is 7.05 Å². The predicted octanol–water partition coefficient (Wildman–Crippen LogP) is 1.86. The Balaban J connectivity index is 2.78. The molecule has 0 aliphatic carbocycles. The molecule has 1 heterocycles. The Kier molecular flexibility index (Phi) is 4.32. The molecule has 0 aliphatic rings. The van der Waals surface area contributed by atoms with E-state index in [9.17, 15) is 0 Å². The molecule has 0 amide bonds. The molecule has 0 radical (unpaired) electrons. The van der Waals surface area contributed by atoms with E-state index in [0.29, 0.717) is 6.04 Å². The average Bonchev–Trinajstić information content (AvgIpc) is 2.44. The van der Waals surface area contributed by atoms with Crippen LogP contribution in [0.4, 0.5) is 11.5 Å². The molecule has 0 fully saturated rings. The molecule has 0 aliphatic heterocycles. The van der Waals surface area contributed by atoms with E-state index in [1.807, 2.05) is 30.4 Å². The molecule has 3 N–H and O–H groups in total. The Bertz CT molecular complexity index is 321. The van der Waals surface area contributed by atoms with Crippen LogP contribution in [0, 0.1) is 6.92 Å². The highest BCUT2D eigenvalue weighted by Crippen LogP contribution is 2.22. The van der Waals surface area contributed by atoms with Crippen LogP contribution in [-0.4, -0.2) is 27.8 Å². The van der Waals surface area contributed by atoms with Crippen molar-refractivity contribution in [1.82, 2.24) is 9.78 Å². The van der Waals surface area contributed by atoms with E-state index >= 15 is 0 Å². The zero-order valence-corrected chi connectivity index (χ0v) is 10.7. The number of aromatic nitrogens is 2. The number of hydrogen-bond acceptors (Lipinski definition) is 4. The third kappa shape index (κ3) is 2.81. The van der Waals surface area contributed by atoms with Crippen molar-refractivity contribution in [1.29, 1.82) is 0 Å². The fraction of sp³-hybridized carbons (Fsp3) is 0.700. The first kappa shape index (κ1) is 12.2. The number of thioether (sulfide) groups is 1. The number of hydrogen-bond donors (Lipinski definition) is 2. The van der Waals surface area contributed by atoms with Crippen molar-refractivity contribution in [2.75, 3.05) is 23.1 Å². The lowest BCUT2D eigenvalue weighted by atomic mass is 10.2. The third-order valence-corrected chi connectivity index (χ3v) is 3.21. The highest BCUT2D eigenvalue weighted by molar-refractivity contribution is 7.98. The van der Waals surface area contributed by atoms with Crippen LogP contribution >= 0.6 is 11.8 Å². The van der Waals surface area contributed by atoms with Crippen molar-refractivity contribution >= 4 is 23.3 Å². The molecule has 1 atom stereocenters. The summed E-state index contributed by atoms with van der Waals surface area (Å²) in [6.45, 7) is 4.10. The van der Waals surface area contributed by atoms with Crippen molar-refractivity contribution < 1.29 is 0 Å². The van der Waals surface area contributed by atoms with Crippen molar-refractivity contribution in [3.63, 3.8) is 0 Å². The van der Waals surface area contributed by atoms with Crippen LogP contribution in [0.2, 0.25) is 0 Å². The van der Waals surface area contributed by atoms with Crippen molar-refractivity contribution in [3.8, 4) is 0 Å². The molecular weight excluding hydrogens is 208 g/mol. The number of nitrogen functional groups attached to an aromatic ring is 1. The number of nitrogens with one attached hydrogen (secondary N) is 1. The SMILES string of the molecule is CCC(CSC)Nc1c(N)c(C)nn1C. The summed E-state index contributed by atoms with van der Waals surface area (Å²) in [5.41, 5.74) is 7.60. The molecule has 0 saturated heterocycles. The van der Waals surface area contributed by atoms with Crippen LogP contribution in [-0.2, 0) is 7.05 Å². The molecule has 1 rings (SSSR count). The summed E-state index contributed by atoms with van der Waals surface area (Å²) in [6, 6.07) is 0.456. The van der Waals surface area contributed by atoms with Gasteiger partial charge in [-0.15, -0.1) is 0 Å². The van der Waals surface area contributed by atoms with Crippen LogP contribution < -0.4 is 11.1 Å². The van der Waals surface area contributed by atoms with E-state index in [2.05, 4.69) is 23.6 Å². The second-order valence-corrected chi connectivity index (χ2v) is 4.59. The topological polar surface area (TPSA) is 55.9 Å². The summed E-state index contributed by atoms with van der Waals surface area (Å²) in [5, 5.41) is 7.72. The molecule has 1 aromatic rings. The summed E-state index contributed by atoms with van der Waals surface area (Å²) in [5.74, 6) is 2.02. The van der Waals surface area contributed by atoms with Gasteiger partial charge >= 0.3 is 0 Å². The maximum Gasteiger partial charge on any atom is 0.148 e. The van der Waals surface area contributed by atoms with Gasteiger partial charge in [0.15, 0.2) is 0 Å². The van der Waals surface area contributed by atoms with Crippen LogP contribution in [0.5, 0.6) is 0 Å². The first-order chi connectivity index (χ1) is 7.10. The molecule has 0 saturated carbocycles. The molecule has 15 heavy (non-hydrogen) atoms. The highest BCUT2D eigenvalue weighted by Gasteiger charge is 2.13. The molecule has 5 heteroatoms. The second-order valence-electron chi connectivity index (χ2n) is 3.68. The Morgan fingerprint density at radius 3 is 2.67 bits per heavy atom. The third-order valence-electron chi connectivity index (χ3n) is 2.47. The van der Waals surface area contributed by atoms with E-state index in [-0.39, 0.29) is 0 Å². The molecule has 1 aromatic heterocycles. The first-order valence-electron chi connectivity index (χ1n) is 5.14. The minimum atomic E-state index is 0.456. The Morgan fingerprint density at radius 1 is 1.60 bits per heavy atom. The molecular formula is C10H20N4S. The fourth-order valence-electron chi connectivity index (χ4n) is 1.50. The highest BCUT2D eigenvalue weighted by atomic mass is 32.2. The molecule has 86 valence electrons. The monoisotopic (exact) mass is 228 g/mol. The van der Waals surface area contributed by atoms with E-state index in [1.165, 1.54) is 0 Å². The minimum absolute atomic E-state index is 0.456. The summed E-state index contributed by atoms with van der Waals surface area (Å²) in [7, 11) is 1.91. The summed E-state index contributed by atoms with van der Waals surface area (Å²) < 4.78 is 1.81. The maximum atomic E-state index is 5.95. The second kappa shape index (κ2) is 5.30. The van der Waals surface area contributed by atoms with Gasteiger partial charge in [-0.25, -0.2) is 0 Å². The summed E-state index contributed by atoms with van der Waals surface area (Å²) in [6.07, 6.45) is 3.20. The van der Waals surface area contributed by atoms with Gasteiger partial charge in [0.05, 0.1) is 11.4 Å². The first-order valence-corrected chi connectivity index (χ1v) is 6.54. The maximum absolute atomic E-state index is 5.95. The number of rotatable bonds is 5. The lowest BCUT2D eigenvalue weighted by molar-refractivity contribution is 0.719. The zero-order chi connectivity index (χ0) is 11.4. The fourth-order valence-corrected chi connectivity index (χ4v) is 2.22. The molecule has 4 nitrogen and oxygen atoms in total. The number of anilines is 2. The summed E-state index contributed by atoms with van der Waals surface area (Å²) in [4.78, 5) is 0. The van der Waals surface area contributed by atoms with Gasteiger partial charge < -0.3 is 11.1 Å². The van der Waals surface area contributed by atoms with E-state index in [1.54, 1.807) is 0 Å². The normalized spacial score (nSPS) is 12.8. The van der Waals surface area contributed by atoms with Gasteiger partial charge in [-0.05, 0) is 19.6 Å². The quantitative estimate of drug-likeness (QED) is 0.807. The van der Waals surface area contributed by atoms with Crippen LogP contribution in [0.3, 0.4) is 0 Å². The molecule has 1 unspecified atom stereocenters. The van der Waals surface area contributed by atoms with Gasteiger partial charge in [-0.3, -0.25) is 4.68 Å². The lowest BCUT2D eigenvalue weighted by Crippen LogP contribution is -2.23. The average molecular weight is 228 g/mol. The minimum Gasteiger partial charge on any atom is -0.394 e. The Morgan fingerprint density at radius 2 is 2.27 bits per heavy atom. The van der Waals surface area contributed by atoms with Gasteiger partial charge in [0, 0.05) is 18.8 Å². The molecule has 0 bridgehead atoms. The van der Waals surface area contributed by atoms with E-state index in [0.717, 1.165) is 29.4 Å². The van der Waals surface area contributed by atoms with Gasteiger partial charge in [0.1, 0.15) is 5.82 Å². The summed E-state index contributed by atoms with van der Waals surface area (Å²) >= 11 is 1.84. The van der Waals surface area contributed by atoms with Crippen LogP contribution in [0.1, 0.15) is 19.0 Å². The van der Waals surface area contributed by atoms with Crippen LogP contribution in [0.25, 0.3) is 0 Å². The number of aryl methyl sites for hydroxylation is 2. The van der Waals surface area contributed by atoms with Gasteiger partial charge in [0.25, 0.3) is 0 Å². The lowest BCUT2D eigenvalue weighted by Gasteiger charge is -2.17. The Labute approximate surface area is 95.6 Å². The molecule has 0 spiro atoms.